The fraction of sp³-hybridized carbons (Fsp3) is 0.125. The van der Waals surface area contributed by atoms with Crippen LogP contribution in [0, 0.1) is 0 Å². The minimum Gasteiger partial charge on any atom is -0.491 e. The number of carbonyl (C=O) groups is 1. The van der Waals surface area contributed by atoms with Gasteiger partial charge in [-0.15, -0.1) is 11.3 Å². The first-order valence-corrected chi connectivity index (χ1v) is 11.0. The maximum absolute atomic E-state index is 11.6. The quantitative estimate of drug-likeness (QED) is 0.241. The van der Waals surface area contributed by atoms with E-state index < -0.39 is 0 Å². The van der Waals surface area contributed by atoms with Gasteiger partial charge in [-0.1, -0.05) is 12.6 Å². The van der Waals surface area contributed by atoms with E-state index >= 15 is 0 Å². The Morgan fingerprint density at radius 3 is 2.70 bits per heavy atom. The third-order valence-corrected chi connectivity index (χ3v) is 5.33. The van der Waals surface area contributed by atoms with Crippen molar-refractivity contribution in [3.8, 4) is 17.4 Å². The van der Waals surface area contributed by atoms with E-state index in [1.807, 2.05) is 35.7 Å². The average Bonchev–Trinajstić information content (AvgIpc) is 3.30. The first-order chi connectivity index (χ1) is 16.1. The molecule has 9 heteroatoms. The summed E-state index contributed by atoms with van der Waals surface area (Å²) in [6.45, 7) is 4.48. The highest BCUT2D eigenvalue weighted by molar-refractivity contribution is 7.17. The molecule has 0 aliphatic heterocycles. The van der Waals surface area contributed by atoms with Crippen LogP contribution in [0.4, 0.5) is 17.3 Å². The van der Waals surface area contributed by atoms with Crippen LogP contribution in [0.15, 0.2) is 72.6 Å². The number of ether oxygens (including phenoxy) is 3. The molecule has 2 heterocycles. The molecule has 4 aromatic rings. The number of rotatable bonds is 10. The summed E-state index contributed by atoms with van der Waals surface area (Å²) in [5.74, 6) is 1.81. The third kappa shape index (κ3) is 5.85. The van der Waals surface area contributed by atoms with Crippen LogP contribution in [0.1, 0.15) is 0 Å². The molecule has 0 spiro atoms. The Morgan fingerprint density at radius 1 is 1.06 bits per heavy atom. The van der Waals surface area contributed by atoms with Crippen LogP contribution in [-0.2, 0) is 9.53 Å². The van der Waals surface area contributed by atoms with Crippen molar-refractivity contribution >= 4 is 44.8 Å². The van der Waals surface area contributed by atoms with Crippen LogP contribution in [-0.4, -0.2) is 36.2 Å². The number of thiophene rings is 1. The SMILES string of the molecule is C=CC(=O)Nc1cccc(Oc2nc(Nc3ccc(OCCOC)cc3)nc3ccsc23)c1. The van der Waals surface area contributed by atoms with Crippen molar-refractivity contribution in [2.75, 3.05) is 31.0 Å². The summed E-state index contributed by atoms with van der Waals surface area (Å²) < 4.78 is 17.5. The summed E-state index contributed by atoms with van der Waals surface area (Å²) in [6.07, 6.45) is 1.21. The standard InChI is InChI=1S/C24H22N4O4S/c1-3-21(29)25-17-5-4-6-19(15-17)32-23-22-20(11-14-33-22)27-24(28-23)26-16-7-9-18(10-8-16)31-13-12-30-2/h3-11,14-15H,1,12-13H2,2H3,(H,25,29)(H,26,27,28). The van der Waals surface area contributed by atoms with Crippen molar-refractivity contribution in [1.82, 2.24) is 9.97 Å². The van der Waals surface area contributed by atoms with Gasteiger partial charge < -0.3 is 24.8 Å². The lowest BCUT2D eigenvalue weighted by Gasteiger charge is -2.11. The van der Waals surface area contributed by atoms with Crippen molar-refractivity contribution in [3.05, 3.63) is 72.6 Å². The van der Waals surface area contributed by atoms with Crippen molar-refractivity contribution in [1.29, 1.82) is 0 Å². The number of amides is 1. The molecule has 0 aliphatic rings. The van der Waals surface area contributed by atoms with Gasteiger partial charge in [0, 0.05) is 24.6 Å². The highest BCUT2D eigenvalue weighted by Gasteiger charge is 2.12. The topological polar surface area (TPSA) is 94.6 Å². The number of fused-ring (bicyclic) bond motifs is 1. The van der Waals surface area contributed by atoms with Crippen LogP contribution in [0.3, 0.4) is 0 Å². The molecule has 2 aromatic carbocycles. The third-order valence-electron chi connectivity index (χ3n) is 4.44. The molecule has 0 aliphatic carbocycles. The summed E-state index contributed by atoms with van der Waals surface area (Å²) in [5, 5.41) is 7.86. The van der Waals surface area contributed by atoms with E-state index in [4.69, 9.17) is 14.2 Å². The summed E-state index contributed by atoms with van der Waals surface area (Å²) in [7, 11) is 1.64. The number of carbonyl (C=O) groups excluding carboxylic acids is 1. The molecule has 0 radical (unpaired) electrons. The molecule has 0 saturated heterocycles. The second-order valence-corrected chi connectivity index (χ2v) is 7.72. The van der Waals surface area contributed by atoms with E-state index in [-0.39, 0.29) is 5.91 Å². The predicted molar refractivity (Wildman–Crippen MR) is 130 cm³/mol. The highest BCUT2D eigenvalue weighted by atomic mass is 32.1. The lowest BCUT2D eigenvalue weighted by atomic mass is 10.3. The monoisotopic (exact) mass is 462 g/mol. The van der Waals surface area contributed by atoms with Crippen LogP contribution in [0.5, 0.6) is 17.4 Å². The Labute approximate surface area is 194 Å². The summed E-state index contributed by atoms with van der Waals surface area (Å²) in [5.41, 5.74) is 2.17. The molecule has 2 N–H and O–H groups in total. The van der Waals surface area contributed by atoms with Crippen molar-refractivity contribution in [2.45, 2.75) is 0 Å². The van der Waals surface area contributed by atoms with E-state index in [0.29, 0.717) is 36.5 Å². The van der Waals surface area contributed by atoms with E-state index in [0.717, 1.165) is 21.7 Å². The summed E-state index contributed by atoms with van der Waals surface area (Å²) in [4.78, 5) is 20.7. The van der Waals surface area contributed by atoms with Gasteiger partial charge in [-0.2, -0.15) is 4.98 Å². The number of nitrogens with zero attached hydrogens (tertiary/aromatic N) is 2. The van der Waals surface area contributed by atoms with E-state index in [9.17, 15) is 4.79 Å². The highest BCUT2D eigenvalue weighted by Crippen LogP contribution is 2.33. The van der Waals surface area contributed by atoms with Crippen LogP contribution < -0.4 is 20.1 Å². The first kappa shape index (κ1) is 22.3. The molecule has 8 nitrogen and oxygen atoms in total. The van der Waals surface area contributed by atoms with E-state index in [1.165, 1.54) is 17.4 Å². The molecular weight excluding hydrogens is 440 g/mol. The zero-order chi connectivity index (χ0) is 23.0. The van der Waals surface area contributed by atoms with Gasteiger partial charge >= 0.3 is 0 Å². The van der Waals surface area contributed by atoms with E-state index in [2.05, 4.69) is 27.2 Å². The molecule has 33 heavy (non-hydrogen) atoms. The van der Waals surface area contributed by atoms with Gasteiger partial charge in [0.2, 0.25) is 17.7 Å². The molecule has 1 amide bonds. The zero-order valence-electron chi connectivity index (χ0n) is 17.9. The van der Waals surface area contributed by atoms with Gasteiger partial charge in [0.15, 0.2) is 0 Å². The maximum Gasteiger partial charge on any atom is 0.247 e. The Kier molecular flexibility index (Phi) is 7.13. The molecule has 0 saturated carbocycles. The maximum atomic E-state index is 11.6. The van der Waals surface area contributed by atoms with Crippen molar-refractivity contribution in [2.24, 2.45) is 0 Å². The predicted octanol–water partition coefficient (Wildman–Crippen LogP) is 5.38. The van der Waals surface area contributed by atoms with Gasteiger partial charge in [-0.3, -0.25) is 4.79 Å². The number of hydrogen-bond acceptors (Lipinski definition) is 8. The first-order valence-electron chi connectivity index (χ1n) is 10.1. The van der Waals surface area contributed by atoms with Crippen molar-refractivity contribution in [3.63, 3.8) is 0 Å². The van der Waals surface area contributed by atoms with E-state index in [1.54, 1.807) is 31.4 Å². The number of hydrogen-bond donors (Lipinski definition) is 2. The molecule has 168 valence electrons. The summed E-state index contributed by atoms with van der Waals surface area (Å²) in [6, 6.07) is 16.5. The van der Waals surface area contributed by atoms with Gasteiger partial charge in [0.05, 0.1) is 12.1 Å². The average molecular weight is 463 g/mol. The Hall–Kier alpha value is -3.95. The number of nitrogens with one attached hydrogen (secondary N) is 2. The number of benzene rings is 2. The van der Waals surface area contributed by atoms with Gasteiger partial charge in [0.25, 0.3) is 0 Å². The Balaban J connectivity index is 1.53. The molecule has 4 rings (SSSR count). The van der Waals surface area contributed by atoms with Crippen LogP contribution in [0.2, 0.25) is 0 Å². The fourth-order valence-electron chi connectivity index (χ4n) is 2.91. The van der Waals surface area contributed by atoms with Gasteiger partial charge in [0.1, 0.15) is 22.8 Å². The number of aromatic nitrogens is 2. The second kappa shape index (κ2) is 10.6. The zero-order valence-corrected chi connectivity index (χ0v) is 18.7. The number of anilines is 3. The molecule has 2 aromatic heterocycles. The summed E-state index contributed by atoms with van der Waals surface area (Å²) >= 11 is 1.49. The van der Waals surface area contributed by atoms with Gasteiger partial charge in [-0.25, -0.2) is 4.98 Å². The van der Waals surface area contributed by atoms with Crippen LogP contribution >= 0.6 is 11.3 Å². The molecule has 0 unspecified atom stereocenters. The molecular formula is C24H22N4O4S. The molecule has 0 fully saturated rings. The number of methoxy groups -OCH3 is 1. The van der Waals surface area contributed by atoms with Crippen LogP contribution in [0.25, 0.3) is 10.2 Å². The normalized spacial score (nSPS) is 10.6. The lowest BCUT2D eigenvalue weighted by Crippen LogP contribution is -2.07. The minimum absolute atomic E-state index is 0.295. The second-order valence-electron chi connectivity index (χ2n) is 6.80. The lowest BCUT2D eigenvalue weighted by molar-refractivity contribution is -0.111. The van der Waals surface area contributed by atoms with Gasteiger partial charge in [-0.05, 0) is 53.9 Å². The molecule has 0 bridgehead atoms. The minimum atomic E-state index is -0.295. The van der Waals surface area contributed by atoms with Crippen molar-refractivity contribution < 1.29 is 19.0 Å². The Morgan fingerprint density at radius 2 is 1.91 bits per heavy atom. The fourth-order valence-corrected chi connectivity index (χ4v) is 3.67. The smallest absolute Gasteiger partial charge is 0.247 e. The Bertz CT molecular complexity index is 1260. The molecule has 0 atom stereocenters. The largest absolute Gasteiger partial charge is 0.491 e.